The van der Waals surface area contributed by atoms with Gasteiger partial charge in [-0.25, -0.2) is 23.7 Å². The molecule has 1 saturated carbocycles. The molecule has 0 unspecified atom stereocenters. The second-order valence-electron chi connectivity index (χ2n) is 13.9. The molecule has 256 valence electrons. The van der Waals surface area contributed by atoms with Crippen LogP contribution in [-0.2, 0) is 24.8 Å². The number of aromatic amines is 1. The van der Waals surface area contributed by atoms with E-state index in [1.807, 2.05) is 17.0 Å². The number of nitrogens with zero attached hydrogens (tertiary/aromatic N) is 4. The van der Waals surface area contributed by atoms with Crippen LogP contribution >= 0.6 is 11.3 Å². The number of anilines is 1. The smallest absolute Gasteiger partial charge is 0.434 e. The van der Waals surface area contributed by atoms with E-state index in [0.717, 1.165) is 63.0 Å². The number of aryl methyl sites for hydroxylation is 2. The molecule has 2 N–H and O–H groups in total. The number of hydrogen-bond acceptors (Lipinski definition) is 9. The van der Waals surface area contributed by atoms with E-state index in [0.29, 0.717) is 59.3 Å². The molecular weight excluding hydrogens is 675 g/mol. The predicted octanol–water partition coefficient (Wildman–Crippen LogP) is 6.95. The lowest BCUT2D eigenvalue weighted by Gasteiger charge is -2.37. The number of carbonyl (C=O) groups excluding carboxylic acids is 1. The van der Waals surface area contributed by atoms with Gasteiger partial charge in [-0.2, -0.15) is 0 Å². The van der Waals surface area contributed by atoms with Gasteiger partial charge in [0.1, 0.15) is 23.2 Å². The van der Waals surface area contributed by atoms with Gasteiger partial charge >= 0.3 is 5.76 Å². The van der Waals surface area contributed by atoms with E-state index in [1.165, 1.54) is 29.5 Å². The van der Waals surface area contributed by atoms with Gasteiger partial charge in [0.2, 0.25) is 0 Å². The Morgan fingerprint density at radius 2 is 1.90 bits per heavy atom. The predicted molar refractivity (Wildman–Crippen MR) is 186 cm³/mol. The summed E-state index contributed by atoms with van der Waals surface area (Å²) in [6.07, 6.45) is 5.93. The van der Waals surface area contributed by atoms with E-state index in [-0.39, 0.29) is 29.5 Å². The molecule has 3 fully saturated rings. The maximum Gasteiger partial charge on any atom is 0.434 e. The van der Waals surface area contributed by atoms with Crippen LogP contribution in [0.3, 0.4) is 0 Å². The number of hydrogen-bond donors (Lipinski definition) is 2. The molecule has 7 heterocycles. The number of benzene rings is 2. The lowest BCUT2D eigenvalue weighted by Crippen LogP contribution is -2.40. The number of rotatable bonds is 8. The van der Waals surface area contributed by atoms with Crippen LogP contribution in [0.1, 0.15) is 63.7 Å². The van der Waals surface area contributed by atoms with E-state index in [4.69, 9.17) is 19.1 Å². The van der Waals surface area contributed by atoms with Crippen molar-refractivity contribution < 1.29 is 22.7 Å². The number of nitrogens with one attached hydrogen (secondary N) is 2. The Bertz CT molecular complexity index is 2490. The highest BCUT2D eigenvalue weighted by molar-refractivity contribution is 7.23. The number of pyridine rings is 2. The summed E-state index contributed by atoms with van der Waals surface area (Å²) in [5.41, 5.74) is 5.35. The fraction of sp³-hybridized carbons (Fsp3) is 0.289. The zero-order valence-corrected chi connectivity index (χ0v) is 28.2. The number of fused-ring (bicyclic) bond motifs is 3. The molecule has 2 saturated heterocycles. The second-order valence-corrected chi connectivity index (χ2v) is 15.0. The Hall–Kier alpha value is -5.43. The molecule has 2 aromatic carbocycles. The fourth-order valence-electron chi connectivity index (χ4n) is 8.84. The van der Waals surface area contributed by atoms with Crippen molar-refractivity contribution in [3.05, 3.63) is 111 Å². The third-order valence-electron chi connectivity index (χ3n) is 11.1. The lowest BCUT2D eigenvalue weighted by molar-refractivity contribution is 0.0637. The number of ether oxygens (including phenoxy) is 1. The minimum atomic E-state index is -0.717. The van der Waals surface area contributed by atoms with E-state index < -0.39 is 11.3 Å². The maximum absolute atomic E-state index is 14.6. The summed E-state index contributed by atoms with van der Waals surface area (Å²) in [4.78, 5) is 39.5. The molecule has 2 bridgehead atoms. The molecule has 6 aromatic rings. The highest BCUT2D eigenvalue weighted by atomic mass is 32.1. The molecule has 1 atom stereocenters. The fourth-order valence-corrected chi connectivity index (χ4v) is 10.0. The zero-order chi connectivity index (χ0) is 34.6. The Morgan fingerprint density at radius 3 is 2.69 bits per heavy atom. The number of carbonyl (C=O) groups is 1. The van der Waals surface area contributed by atoms with Crippen LogP contribution in [0.25, 0.3) is 32.0 Å². The minimum Gasteiger partial charge on any atom is -0.496 e. The normalized spacial score (nSPS) is 21.2. The van der Waals surface area contributed by atoms with Crippen molar-refractivity contribution in [2.45, 2.75) is 50.1 Å². The van der Waals surface area contributed by atoms with Gasteiger partial charge in [-0.3, -0.25) is 9.78 Å². The molecular formula is C38H30F2N6O4S. The standard InChI is InChI=1S/C38H30F2N6O4S/c1-49-27-14-22(40)13-24-23(27)7-9-25(24)43-34-32-20(10-11-41-34)12-28(51-32)30-29(35-44-45-37(48)50-35)26(8-4-18-2-5-21(39)6-3-18)42-33-31(30)36(47)46-17-19-15-38(33,46)16-19/h2-3,5-6,10-14,19,25H,4,7-9,15-17H2,1H3,(H,41,43)(H,45,48)/t19?,25-,38?/m1/s1. The first-order valence-electron chi connectivity index (χ1n) is 17.0. The van der Waals surface area contributed by atoms with Crippen LogP contribution in [0.5, 0.6) is 5.75 Å². The maximum atomic E-state index is 14.6. The van der Waals surface area contributed by atoms with Gasteiger partial charge in [0.25, 0.3) is 11.8 Å². The Kier molecular flexibility index (Phi) is 6.58. The highest BCUT2D eigenvalue weighted by Crippen LogP contribution is 2.63. The van der Waals surface area contributed by atoms with Gasteiger partial charge in [-0.15, -0.1) is 16.4 Å². The molecule has 10 nitrogen and oxygen atoms in total. The highest BCUT2D eigenvalue weighted by Gasteiger charge is 2.65. The van der Waals surface area contributed by atoms with E-state index in [1.54, 1.807) is 31.5 Å². The molecule has 1 spiro atoms. The van der Waals surface area contributed by atoms with Crippen molar-refractivity contribution in [1.82, 2.24) is 25.1 Å². The van der Waals surface area contributed by atoms with Crippen molar-refractivity contribution in [3.63, 3.8) is 0 Å². The molecule has 13 heteroatoms. The average Bonchev–Trinajstić information content (AvgIpc) is 3.96. The largest absolute Gasteiger partial charge is 0.496 e. The molecule has 1 amide bonds. The number of halogens is 2. The van der Waals surface area contributed by atoms with Crippen LogP contribution < -0.4 is 15.8 Å². The summed E-state index contributed by atoms with van der Waals surface area (Å²) < 4.78 is 40.3. The van der Waals surface area contributed by atoms with Crippen LogP contribution in [0.4, 0.5) is 14.6 Å². The Labute approximate surface area is 293 Å². The number of H-pyrrole nitrogens is 1. The van der Waals surface area contributed by atoms with Crippen LogP contribution in [-0.4, -0.2) is 44.6 Å². The van der Waals surface area contributed by atoms with Crippen molar-refractivity contribution in [2.75, 3.05) is 19.0 Å². The molecule has 5 aliphatic rings. The van der Waals surface area contributed by atoms with Gasteiger partial charge in [-0.1, -0.05) is 12.1 Å². The number of thiophene rings is 1. The minimum absolute atomic E-state index is 0.0516. The van der Waals surface area contributed by atoms with E-state index in [9.17, 15) is 18.4 Å². The summed E-state index contributed by atoms with van der Waals surface area (Å²) in [5.74, 6) is 0.229. The Balaban J connectivity index is 1.14. The van der Waals surface area contributed by atoms with Crippen molar-refractivity contribution in [2.24, 2.45) is 5.92 Å². The zero-order valence-electron chi connectivity index (χ0n) is 27.4. The third-order valence-corrected chi connectivity index (χ3v) is 12.3. The van der Waals surface area contributed by atoms with Crippen molar-refractivity contribution in [1.29, 1.82) is 0 Å². The molecule has 11 rings (SSSR count). The molecule has 51 heavy (non-hydrogen) atoms. The van der Waals surface area contributed by atoms with Gasteiger partial charge in [0.15, 0.2) is 0 Å². The summed E-state index contributed by atoms with van der Waals surface area (Å²) in [6.45, 7) is 0.686. The van der Waals surface area contributed by atoms with Crippen LogP contribution in [0.2, 0.25) is 0 Å². The quantitative estimate of drug-likeness (QED) is 0.175. The van der Waals surface area contributed by atoms with Gasteiger partial charge in [-0.05, 0) is 96.9 Å². The summed E-state index contributed by atoms with van der Waals surface area (Å²) in [6, 6.07) is 13.1. The van der Waals surface area contributed by atoms with Gasteiger partial charge in [0.05, 0.1) is 45.9 Å². The summed E-state index contributed by atoms with van der Waals surface area (Å²) in [5, 5.41) is 11.1. The topological polar surface area (TPSA) is 126 Å². The summed E-state index contributed by atoms with van der Waals surface area (Å²) in [7, 11) is 1.55. The molecule has 0 radical (unpaired) electrons. The first-order valence-corrected chi connectivity index (χ1v) is 17.8. The first-order chi connectivity index (χ1) is 24.8. The van der Waals surface area contributed by atoms with E-state index >= 15 is 0 Å². The SMILES string of the molecule is COc1cc(F)cc2c1CC[C@H]2Nc1nccc2cc(-c3c4c(nc(CCc5ccc(F)cc5)c3-c3n[nH]c(=O)o3)C35CC(CN3C4=O)C5)sc12. The monoisotopic (exact) mass is 704 g/mol. The van der Waals surface area contributed by atoms with Crippen molar-refractivity contribution >= 4 is 33.1 Å². The lowest BCUT2D eigenvalue weighted by atomic mass is 9.71. The number of amides is 1. The van der Waals surface area contributed by atoms with Gasteiger partial charge < -0.3 is 19.4 Å². The van der Waals surface area contributed by atoms with Crippen molar-refractivity contribution in [3.8, 4) is 27.6 Å². The van der Waals surface area contributed by atoms with Crippen LogP contribution in [0, 0.1) is 17.6 Å². The molecule has 2 aliphatic carbocycles. The first kappa shape index (κ1) is 30.4. The number of aromatic nitrogens is 4. The average molecular weight is 705 g/mol. The second kappa shape index (κ2) is 11.0. The number of methoxy groups -OCH3 is 1. The van der Waals surface area contributed by atoms with E-state index in [2.05, 4.69) is 15.5 Å². The summed E-state index contributed by atoms with van der Waals surface area (Å²) >= 11 is 1.48. The molecule has 4 aromatic heterocycles. The third kappa shape index (κ3) is 4.53. The van der Waals surface area contributed by atoms with Crippen LogP contribution in [0.15, 0.2) is 63.9 Å². The van der Waals surface area contributed by atoms with Gasteiger partial charge in [0, 0.05) is 29.2 Å². The molecule has 3 aliphatic heterocycles. The Morgan fingerprint density at radius 1 is 1.06 bits per heavy atom.